The van der Waals surface area contributed by atoms with E-state index in [1.807, 2.05) is 37.3 Å². The summed E-state index contributed by atoms with van der Waals surface area (Å²) in [5.41, 5.74) is 1.09. The molecule has 0 aliphatic rings. The molecule has 1 aromatic carbocycles. The smallest absolute Gasteiger partial charge is 0.0416 e. The molecular weight excluding hydrogens is 182 g/mol. The van der Waals surface area contributed by atoms with Crippen LogP contribution in [0.4, 0.5) is 5.69 Å². The van der Waals surface area contributed by atoms with Gasteiger partial charge >= 0.3 is 0 Å². The summed E-state index contributed by atoms with van der Waals surface area (Å²) < 4.78 is 0. The molecule has 0 saturated heterocycles. The molecule has 0 spiro atoms. The van der Waals surface area contributed by atoms with E-state index in [1.165, 1.54) is 0 Å². The van der Waals surface area contributed by atoms with Crippen molar-refractivity contribution in [3.05, 3.63) is 41.4 Å². The third-order valence-corrected chi connectivity index (χ3v) is 1.97. The molecular formula is C11H14ClN. The Hall–Kier alpha value is -0.950. The van der Waals surface area contributed by atoms with E-state index in [0.717, 1.165) is 10.7 Å². The van der Waals surface area contributed by atoms with Gasteiger partial charge in [0.1, 0.15) is 0 Å². The fraction of sp³-hybridized carbons (Fsp3) is 0.273. The lowest BCUT2D eigenvalue weighted by molar-refractivity contribution is 0.995. The fourth-order valence-corrected chi connectivity index (χ4v) is 1.27. The van der Waals surface area contributed by atoms with Crippen LogP contribution in [-0.2, 0) is 0 Å². The summed E-state index contributed by atoms with van der Waals surface area (Å²) in [6.45, 7) is 4.12. The molecule has 2 heteroatoms. The quantitative estimate of drug-likeness (QED) is 0.725. The van der Waals surface area contributed by atoms with Crippen LogP contribution in [0.1, 0.15) is 13.8 Å². The maximum absolute atomic E-state index is 5.77. The zero-order chi connectivity index (χ0) is 9.68. The Morgan fingerprint density at radius 3 is 2.46 bits per heavy atom. The molecule has 0 fully saturated rings. The summed E-state index contributed by atoms with van der Waals surface area (Å²) in [6.07, 6.45) is 4.14. The molecule has 0 aliphatic heterocycles. The number of allylic oxidation sites excluding steroid dienone is 1. The molecule has 1 atom stereocenters. The number of anilines is 1. The van der Waals surface area contributed by atoms with E-state index >= 15 is 0 Å². The molecule has 70 valence electrons. The minimum Gasteiger partial charge on any atom is -0.379 e. The van der Waals surface area contributed by atoms with E-state index in [0.29, 0.717) is 6.04 Å². The van der Waals surface area contributed by atoms with Crippen LogP contribution in [-0.4, -0.2) is 6.04 Å². The first-order valence-corrected chi connectivity index (χ1v) is 4.75. The highest BCUT2D eigenvalue weighted by molar-refractivity contribution is 6.30. The Kier molecular flexibility index (Phi) is 3.84. The van der Waals surface area contributed by atoms with Crippen molar-refractivity contribution in [1.82, 2.24) is 0 Å². The Balaban J connectivity index is 2.59. The second-order valence-electron chi connectivity index (χ2n) is 2.97. The monoisotopic (exact) mass is 195 g/mol. The molecule has 0 saturated carbocycles. The summed E-state index contributed by atoms with van der Waals surface area (Å²) in [7, 11) is 0. The van der Waals surface area contributed by atoms with Crippen LogP contribution in [0.2, 0.25) is 5.02 Å². The summed E-state index contributed by atoms with van der Waals surface area (Å²) >= 11 is 5.77. The zero-order valence-electron chi connectivity index (χ0n) is 7.92. The third-order valence-electron chi connectivity index (χ3n) is 1.72. The number of benzene rings is 1. The van der Waals surface area contributed by atoms with Crippen molar-refractivity contribution in [1.29, 1.82) is 0 Å². The van der Waals surface area contributed by atoms with Crippen molar-refractivity contribution in [2.75, 3.05) is 5.32 Å². The van der Waals surface area contributed by atoms with E-state index in [2.05, 4.69) is 18.3 Å². The highest BCUT2D eigenvalue weighted by Gasteiger charge is 1.95. The highest BCUT2D eigenvalue weighted by Crippen LogP contribution is 2.14. The van der Waals surface area contributed by atoms with Gasteiger partial charge < -0.3 is 5.32 Å². The van der Waals surface area contributed by atoms with Crippen molar-refractivity contribution in [3.63, 3.8) is 0 Å². The van der Waals surface area contributed by atoms with Gasteiger partial charge in [0, 0.05) is 16.8 Å². The summed E-state index contributed by atoms with van der Waals surface area (Å²) in [5, 5.41) is 4.09. The molecule has 1 N–H and O–H groups in total. The van der Waals surface area contributed by atoms with Crippen LogP contribution >= 0.6 is 11.6 Å². The minimum absolute atomic E-state index is 0.353. The van der Waals surface area contributed by atoms with Crippen LogP contribution in [0.5, 0.6) is 0 Å². The fourth-order valence-electron chi connectivity index (χ4n) is 1.15. The molecule has 1 aromatic rings. The molecule has 1 unspecified atom stereocenters. The number of halogens is 1. The van der Waals surface area contributed by atoms with E-state index in [1.54, 1.807) is 0 Å². The summed E-state index contributed by atoms with van der Waals surface area (Å²) in [6, 6.07) is 8.06. The second-order valence-corrected chi connectivity index (χ2v) is 3.40. The molecule has 1 nitrogen and oxygen atoms in total. The van der Waals surface area contributed by atoms with Gasteiger partial charge in [-0.05, 0) is 38.1 Å². The maximum Gasteiger partial charge on any atom is 0.0416 e. The first-order valence-electron chi connectivity index (χ1n) is 4.37. The largest absolute Gasteiger partial charge is 0.379 e. The van der Waals surface area contributed by atoms with Crippen molar-refractivity contribution in [2.45, 2.75) is 19.9 Å². The average Bonchev–Trinajstić information content (AvgIpc) is 2.09. The van der Waals surface area contributed by atoms with E-state index in [4.69, 9.17) is 11.6 Å². The van der Waals surface area contributed by atoms with Crippen molar-refractivity contribution < 1.29 is 0 Å². The van der Waals surface area contributed by atoms with Crippen LogP contribution in [0.25, 0.3) is 0 Å². The number of hydrogen-bond donors (Lipinski definition) is 1. The zero-order valence-corrected chi connectivity index (χ0v) is 8.68. The standard InChI is InChI=1S/C11H14ClN/c1-3-4-9(2)13-11-7-5-10(12)6-8-11/h3-9,13H,1-2H3. The van der Waals surface area contributed by atoms with E-state index in [-0.39, 0.29) is 0 Å². The van der Waals surface area contributed by atoms with Gasteiger partial charge in [0.2, 0.25) is 0 Å². The van der Waals surface area contributed by atoms with Crippen molar-refractivity contribution >= 4 is 17.3 Å². The Bertz CT molecular complexity index is 277. The predicted octanol–water partition coefficient (Wildman–Crippen LogP) is 3.72. The molecule has 0 aliphatic carbocycles. The number of rotatable bonds is 3. The van der Waals surface area contributed by atoms with Gasteiger partial charge in [-0.25, -0.2) is 0 Å². The van der Waals surface area contributed by atoms with Gasteiger partial charge in [-0.3, -0.25) is 0 Å². The highest BCUT2D eigenvalue weighted by atomic mass is 35.5. The molecule has 0 aromatic heterocycles. The molecule has 0 radical (unpaired) electrons. The lowest BCUT2D eigenvalue weighted by Crippen LogP contribution is -2.11. The first kappa shape index (κ1) is 10.1. The molecule has 0 amide bonds. The van der Waals surface area contributed by atoms with Crippen molar-refractivity contribution in [3.8, 4) is 0 Å². The van der Waals surface area contributed by atoms with Crippen LogP contribution < -0.4 is 5.32 Å². The Morgan fingerprint density at radius 2 is 1.92 bits per heavy atom. The van der Waals surface area contributed by atoms with Gasteiger partial charge in [0.15, 0.2) is 0 Å². The lowest BCUT2D eigenvalue weighted by Gasteiger charge is -2.10. The Labute approximate surface area is 84.4 Å². The SMILES string of the molecule is CC=CC(C)Nc1ccc(Cl)cc1. The van der Waals surface area contributed by atoms with Gasteiger partial charge in [-0.1, -0.05) is 23.8 Å². The third kappa shape index (κ3) is 3.51. The normalized spacial score (nSPS) is 13.2. The van der Waals surface area contributed by atoms with Gasteiger partial charge in [-0.2, -0.15) is 0 Å². The van der Waals surface area contributed by atoms with Gasteiger partial charge in [0.05, 0.1) is 0 Å². The summed E-state index contributed by atoms with van der Waals surface area (Å²) in [4.78, 5) is 0. The lowest BCUT2D eigenvalue weighted by atomic mass is 10.2. The van der Waals surface area contributed by atoms with Crippen LogP contribution in [0, 0.1) is 0 Å². The van der Waals surface area contributed by atoms with Crippen LogP contribution in [0.3, 0.4) is 0 Å². The second kappa shape index (κ2) is 4.93. The number of nitrogens with one attached hydrogen (secondary N) is 1. The van der Waals surface area contributed by atoms with E-state index in [9.17, 15) is 0 Å². The van der Waals surface area contributed by atoms with E-state index < -0.39 is 0 Å². The van der Waals surface area contributed by atoms with Crippen molar-refractivity contribution in [2.24, 2.45) is 0 Å². The van der Waals surface area contributed by atoms with Gasteiger partial charge in [-0.15, -0.1) is 0 Å². The molecule has 0 bridgehead atoms. The predicted molar refractivity (Wildman–Crippen MR) is 59.4 cm³/mol. The molecule has 13 heavy (non-hydrogen) atoms. The number of hydrogen-bond acceptors (Lipinski definition) is 1. The molecule has 0 heterocycles. The summed E-state index contributed by atoms with van der Waals surface area (Å²) in [5.74, 6) is 0. The molecule has 1 rings (SSSR count). The van der Waals surface area contributed by atoms with Gasteiger partial charge in [0.25, 0.3) is 0 Å². The maximum atomic E-state index is 5.77. The first-order chi connectivity index (χ1) is 6.22. The topological polar surface area (TPSA) is 12.0 Å². The Morgan fingerprint density at radius 1 is 1.31 bits per heavy atom. The van der Waals surface area contributed by atoms with Crippen LogP contribution in [0.15, 0.2) is 36.4 Å². The average molecular weight is 196 g/mol. The minimum atomic E-state index is 0.353.